The van der Waals surface area contributed by atoms with Crippen molar-refractivity contribution in [3.8, 4) is 0 Å². The molecule has 0 unspecified atom stereocenters. The van der Waals surface area contributed by atoms with Gasteiger partial charge in [-0.25, -0.2) is 0 Å². The first-order chi connectivity index (χ1) is 2.00. The maximum absolute atomic E-state index is 8.74. The molecule has 0 amide bonds. The van der Waals surface area contributed by atoms with Gasteiger partial charge < -0.3 is 21.9 Å². The maximum atomic E-state index is 8.74. The van der Waals surface area contributed by atoms with E-state index in [0.29, 0.717) is 0 Å². The summed E-state index contributed by atoms with van der Waals surface area (Å²) >= 11 is 0. The van der Waals surface area contributed by atoms with Gasteiger partial charge in [0.1, 0.15) is 0 Å². The van der Waals surface area contributed by atoms with Crippen LogP contribution in [-0.4, -0.2) is 39.4 Å². The molecule has 1 radical (unpaired) electrons. The van der Waals surface area contributed by atoms with Gasteiger partial charge in [-0.2, -0.15) is 8.42 Å². The minimum Gasteiger partial charge on any atom is -0.412 e. The van der Waals surface area contributed by atoms with Crippen LogP contribution >= 0.6 is 0 Å². The van der Waals surface area contributed by atoms with E-state index in [0.717, 1.165) is 0 Å². The second-order valence-electron chi connectivity index (χ2n) is 0.448. The van der Waals surface area contributed by atoms with Gasteiger partial charge in [0.05, 0.1) is 0 Å². The van der Waals surface area contributed by atoms with Crippen molar-refractivity contribution >= 4 is 10.4 Å². The molecule has 0 aliphatic rings. The quantitative estimate of drug-likeness (QED) is 0.312. The molecular weight excluding hydrogens is 215 g/mol. The van der Waals surface area contributed by atoms with Crippen LogP contribution in [0.3, 0.4) is 0 Å². The summed E-state index contributed by atoms with van der Waals surface area (Å²) < 4.78 is 31.6. The molecular formula is H10MnO8S. The predicted molar refractivity (Wildman–Crippen MR) is 28.6 cm³/mol. The Hall–Kier alpha value is 0.229. The van der Waals surface area contributed by atoms with Gasteiger partial charge in [-0.3, -0.25) is 9.11 Å². The summed E-state index contributed by atoms with van der Waals surface area (Å²) in [6.45, 7) is 0. The van der Waals surface area contributed by atoms with Crippen LogP contribution in [0.2, 0.25) is 0 Å². The van der Waals surface area contributed by atoms with Crippen molar-refractivity contribution in [2.45, 2.75) is 0 Å². The van der Waals surface area contributed by atoms with Crippen molar-refractivity contribution in [3.63, 3.8) is 0 Å². The third-order valence-electron chi connectivity index (χ3n) is 0. The van der Waals surface area contributed by atoms with Gasteiger partial charge in [-0.15, -0.1) is 0 Å². The zero-order valence-corrected chi connectivity index (χ0v) is 6.49. The topological polar surface area (TPSA) is 201 Å². The molecule has 0 rings (SSSR count). The van der Waals surface area contributed by atoms with Crippen molar-refractivity contribution in [2.75, 3.05) is 0 Å². The van der Waals surface area contributed by atoms with Crippen molar-refractivity contribution < 1.29 is 56.5 Å². The molecule has 0 saturated carbocycles. The molecule has 0 aliphatic heterocycles. The third-order valence-corrected chi connectivity index (χ3v) is 0. The monoisotopic (exact) mass is 225 g/mol. The fraction of sp³-hybridized carbons (Fsp3) is 0. The molecule has 0 spiro atoms. The van der Waals surface area contributed by atoms with E-state index in [-0.39, 0.29) is 39.0 Å². The van der Waals surface area contributed by atoms with Crippen LogP contribution < -0.4 is 0 Å². The van der Waals surface area contributed by atoms with Gasteiger partial charge in [0, 0.05) is 17.1 Å². The molecule has 0 aromatic carbocycles. The second-order valence-corrected chi connectivity index (χ2v) is 1.34. The van der Waals surface area contributed by atoms with E-state index in [4.69, 9.17) is 17.5 Å². The standard InChI is InChI=1S/Mn.H2O4S.4H2O/c;1-5(2,3)4;;;;/h;(H2,1,2,3,4);4*1H2. The van der Waals surface area contributed by atoms with Crippen molar-refractivity contribution in [2.24, 2.45) is 0 Å². The van der Waals surface area contributed by atoms with Crippen molar-refractivity contribution in [1.82, 2.24) is 0 Å². The Morgan fingerprint density at radius 3 is 0.800 bits per heavy atom. The van der Waals surface area contributed by atoms with E-state index in [1.165, 1.54) is 0 Å². The van der Waals surface area contributed by atoms with Gasteiger partial charge in [-0.1, -0.05) is 0 Å². The van der Waals surface area contributed by atoms with Crippen LogP contribution in [0.1, 0.15) is 0 Å². The predicted octanol–water partition coefficient (Wildman–Crippen LogP) is -3.95. The molecule has 10 N–H and O–H groups in total. The number of hydrogen-bond donors (Lipinski definition) is 2. The Bertz CT molecular complexity index is 92.4. The molecule has 10 heteroatoms. The van der Waals surface area contributed by atoms with E-state index < -0.39 is 10.4 Å². The zero-order chi connectivity index (χ0) is 4.50. The number of hydrogen-bond acceptors (Lipinski definition) is 2. The Morgan fingerprint density at radius 2 is 0.800 bits per heavy atom. The fourth-order valence-electron chi connectivity index (χ4n) is 0. The first-order valence-corrected chi connectivity index (χ1v) is 2.10. The van der Waals surface area contributed by atoms with Crippen LogP contribution in [0.25, 0.3) is 0 Å². The third kappa shape index (κ3) is 8170. The maximum Gasteiger partial charge on any atom is 0.394 e. The molecule has 0 saturated heterocycles. The minimum atomic E-state index is -4.67. The summed E-state index contributed by atoms with van der Waals surface area (Å²) in [7, 11) is -4.67. The van der Waals surface area contributed by atoms with E-state index in [1.54, 1.807) is 0 Å². The largest absolute Gasteiger partial charge is 0.412 e. The molecule has 0 fully saturated rings. The number of rotatable bonds is 0. The van der Waals surface area contributed by atoms with Crippen LogP contribution in [0, 0.1) is 0 Å². The molecule has 0 aromatic rings. The molecule has 0 bridgehead atoms. The van der Waals surface area contributed by atoms with Crippen LogP contribution in [0.15, 0.2) is 0 Å². The first-order valence-electron chi connectivity index (χ1n) is 0.698. The first kappa shape index (κ1) is 48.7. The minimum absolute atomic E-state index is 0. The summed E-state index contributed by atoms with van der Waals surface area (Å²) in [5.41, 5.74) is 0. The fourth-order valence-corrected chi connectivity index (χ4v) is 0. The Labute approximate surface area is 67.5 Å². The second kappa shape index (κ2) is 16.1. The van der Waals surface area contributed by atoms with E-state index >= 15 is 0 Å². The summed E-state index contributed by atoms with van der Waals surface area (Å²) in [6, 6.07) is 0. The normalized spacial score (nSPS) is 5.80. The summed E-state index contributed by atoms with van der Waals surface area (Å²) in [5, 5.41) is 0. The molecule has 0 heterocycles. The molecule has 71 valence electrons. The molecule has 0 aliphatic carbocycles. The van der Waals surface area contributed by atoms with E-state index in [2.05, 4.69) is 0 Å². The smallest absolute Gasteiger partial charge is 0.394 e. The van der Waals surface area contributed by atoms with Crippen LogP contribution in [-0.2, 0) is 27.5 Å². The van der Waals surface area contributed by atoms with Gasteiger partial charge in [-0.05, 0) is 0 Å². The molecule has 0 atom stereocenters. The van der Waals surface area contributed by atoms with Crippen LogP contribution in [0.5, 0.6) is 0 Å². The molecule has 0 aromatic heterocycles. The van der Waals surface area contributed by atoms with E-state index in [1.807, 2.05) is 0 Å². The Kier molecular flexibility index (Phi) is 78.5. The van der Waals surface area contributed by atoms with Gasteiger partial charge in [0.25, 0.3) is 0 Å². The molecule has 10 heavy (non-hydrogen) atoms. The Balaban J connectivity index is -0.00000000800. The van der Waals surface area contributed by atoms with Gasteiger partial charge in [0.15, 0.2) is 0 Å². The summed E-state index contributed by atoms with van der Waals surface area (Å²) in [5.74, 6) is 0. The van der Waals surface area contributed by atoms with Crippen molar-refractivity contribution in [1.29, 1.82) is 0 Å². The Morgan fingerprint density at radius 1 is 0.800 bits per heavy atom. The summed E-state index contributed by atoms with van der Waals surface area (Å²) in [6.07, 6.45) is 0. The SMILES string of the molecule is O.O.O.O.O=S(=O)(O)O.[Mn]. The zero-order valence-electron chi connectivity index (χ0n) is 4.50. The van der Waals surface area contributed by atoms with Gasteiger partial charge in [0.2, 0.25) is 0 Å². The van der Waals surface area contributed by atoms with Gasteiger partial charge >= 0.3 is 10.4 Å². The van der Waals surface area contributed by atoms with Crippen LogP contribution in [0.4, 0.5) is 0 Å². The van der Waals surface area contributed by atoms with Crippen molar-refractivity contribution in [3.05, 3.63) is 0 Å². The average Bonchev–Trinajstić information content (AvgIpc) is 0.722. The average molecular weight is 225 g/mol. The van der Waals surface area contributed by atoms with E-state index in [9.17, 15) is 0 Å². The molecule has 8 nitrogen and oxygen atoms in total. The summed E-state index contributed by atoms with van der Waals surface area (Å²) in [4.78, 5) is 0.